The fourth-order valence-corrected chi connectivity index (χ4v) is 1.78. The number of likely N-dealkylation sites (N-methyl/N-ethyl adjacent to an activating group) is 1. The highest BCUT2D eigenvalue weighted by atomic mass is 16.5. The summed E-state index contributed by atoms with van der Waals surface area (Å²) in [6.07, 6.45) is 0.745. The highest BCUT2D eigenvalue weighted by Gasteiger charge is 2.10. The molecule has 1 heterocycles. The largest absolute Gasteiger partial charge is 0.495 e. The molecule has 2 N–H and O–H groups in total. The maximum atomic E-state index is 5.27. The zero-order chi connectivity index (χ0) is 14.4. The average molecular weight is 276 g/mol. The van der Waals surface area contributed by atoms with Crippen LogP contribution in [0.2, 0.25) is 0 Å². The molecule has 0 aliphatic carbocycles. The number of hydrogen-bond acceptors (Lipinski definition) is 6. The molecule has 6 nitrogen and oxygen atoms in total. The van der Waals surface area contributed by atoms with Crippen LogP contribution in [0.25, 0.3) is 0 Å². The summed E-state index contributed by atoms with van der Waals surface area (Å²) in [7, 11) is 3.55. The van der Waals surface area contributed by atoms with E-state index in [0.717, 1.165) is 17.9 Å². The minimum absolute atomic E-state index is 0.322. The molecule has 0 saturated heterocycles. The lowest BCUT2D eigenvalue weighted by molar-refractivity contribution is 0.375. The SMILES string of the molecule is CNC(C)Cc1noc(CNc2ccccc2OC)n1. The van der Waals surface area contributed by atoms with Gasteiger partial charge in [0.15, 0.2) is 5.82 Å². The Hall–Kier alpha value is -2.08. The number of ether oxygens (including phenoxy) is 1. The van der Waals surface area contributed by atoms with Crippen LogP contribution in [0, 0.1) is 0 Å². The lowest BCUT2D eigenvalue weighted by atomic mass is 10.2. The monoisotopic (exact) mass is 276 g/mol. The Labute approximate surface area is 118 Å². The molecule has 1 aromatic carbocycles. The van der Waals surface area contributed by atoms with E-state index in [2.05, 4.69) is 27.7 Å². The molecule has 6 heteroatoms. The van der Waals surface area contributed by atoms with Crippen LogP contribution in [0.5, 0.6) is 5.75 Å². The maximum Gasteiger partial charge on any atom is 0.245 e. The zero-order valence-electron chi connectivity index (χ0n) is 12.0. The van der Waals surface area contributed by atoms with Crippen molar-refractivity contribution in [2.75, 3.05) is 19.5 Å². The van der Waals surface area contributed by atoms with Crippen LogP contribution in [0.1, 0.15) is 18.6 Å². The molecule has 2 aromatic rings. The number of benzene rings is 1. The highest BCUT2D eigenvalue weighted by molar-refractivity contribution is 5.55. The second-order valence-electron chi connectivity index (χ2n) is 4.55. The summed E-state index contributed by atoms with van der Waals surface area (Å²) in [5, 5.41) is 10.3. The predicted molar refractivity (Wildman–Crippen MR) is 76.8 cm³/mol. The van der Waals surface area contributed by atoms with Gasteiger partial charge < -0.3 is 19.9 Å². The van der Waals surface area contributed by atoms with Crippen molar-refractivity contribution in [2.45, 2.75) is 25.9 Å². The van der Waals surface area contributed by atoms with E-state index in [4.69, 9.17) is 9.26 Å². The van der Waals surface area contributed by atoms with Crippen LogP contribution >= 0.6 is 0 Å². The Kier molecular flexibility index (Phi) is 4.95. The summed E-state index contributed by atoms with van der Waals surface area (Å²) in [4.78, 5) is 4.35. The van der Waals surface area contributed by atoms with Gasteiger partial charge in [-0.1, -0.05) is 17.3 Å². The summed E-state index contributed by atoms with van der Waals surface area (Å²) in [5.74, 6) is 2.06. The minimum atomic E-state index is 0.322. The first kappa shape index (κ1) is 14.3. The van der Waals surface area contributed by atoms with Crippen LogP contribution in [0.15, 0.2) is 28.8 Å². The van der Waals surface area contributed by atoms with E-state index >= 15 is 0 Å². The van der Waals surface area contributed by atoms with Crippen LogP contribution in [0.4, 0.5) is 5.69 Å². The first-order chi connectivity index (χ1) is 9.72. The number of anilines is 1. The number of para-hydroxylation sites is 2. The molecule has 1 unspecified atom stereocenters. The summed E-state index contributed by atoms with van der Waals surface area (Å²) in [6.45, 7) is 2.55. The third-order valence-corrected chi connectivity index (χ3v) is 3.03. The van der Waals surface area contributed by atoms with Gasteiger partial charge in [0.2, 0.25) is 5.89 Å². The van der Waals surface area contributed by atoms with Crippen molar-refractivity contribution >= 4 is 5.69 Å². The van der Waals surface area contributed by atoms with Gasteiger partial charge in [-0.2, -0.15) is 4.98 Å². The van der Waals surface area contributed by atoms with Gasteiger partial charge in [-0.15, -0.1) is 0 Å². The smallest absolute Gasteiger partial charge is 0.245 e. The van der Waals surface area contributed by atoms with Gasteiger partial charge in [0.1, 0.15) is 5.75 Å². The van der Waals surface area contributed by atoms with Crippen molar-refractivity contribution in [3.63, 3.8) is 0 Å². The molecule has 0 radical (unpaired) electrons. The van der Waals surface area contributed by atoms with Crippen LogP contribution in [-0.2, 0) is 13.0 Å². The van der Waals surface area contributed by atoms with Crippen molar-refractivity contribution in [2.24, 2.45) is 0 Å². The van der Waals surface area contributed by atoms with Gasteiger partial charge in [-0.3, -0.25) is 0 Å². The number of hydrogen-bond donors (Lipinski definition) is 2. The molecule has 20 heavy (non-hydrogen) atoms. The highest BCUT2D eigenvalue weighted by Crippen LogP contribution is 2.23. The second kappa shape index (κ2) is 6.91. The number of rotatable bonds is 7. The van der Waals surface area contributed by atoms with Crippen molar-refractivity contribution < 1.29 is 9.26 Å². The van der Waals surface area contributed by atoms with Gasteiger partial charge in [0, 0.05) is 12.5 Å². The topological polar surface area (TPSA) is 72.2 Å². The molecule has 1 aromatic heterocycles. The zero-order valence-corrected chi connectivity index (χ0v) is 12.0. The summed E-state index contributed by atoms with van der Waals surface area (Å²) >= 11 is 0. The van der Waals surface area contributed by atoms with Crippen LogP contribution < -0.4 is 15.4 Å². The normalized spacial score (nSPS) is 12.2. The van der Waals surface area contributed by atoms with E-state index in [-0.39, 0.29) is 0 Å². The Morgan fingerprint density at radius 2 is 2.15 bits per heavy atom. The molecule has 0 amide bonds. The van der Waals surface area contributed by atoms with E-state index < -0.39 is 0 Å². The maximum absolute atomic E-state index is 5.27. The van der Waals surface area contributed by atoms with Gasteiger partial charge in [-0.25, -0.2) is 0 Å². The lowest BCUT2D eigenvalue weighted by Crippen LogP contribution is -2.24. The molecule has 0 aliphatic heterocycles. The third-order valence-electron chi connectivity index (χ3n) is 3.03. The standard InChI is InChI=1S/C14H20N4O2/c1-10(15-2)8-13-17-14(20-18-13)9-16-11-6-4-5-7-12(11)19-3/h4-7,10,15-16H,8-9H2,1-3H3. The number of aromatic nitrogens is 2. The molecule has 0 fully saturated rings. The minimum Gasteiger partial charge on any atom is -0.495 e. The first-order valence-corrected chi connectivity index (χ1v) is 6.58. The molecular weight excluding hydrogens is 256 g/mol. The molecule has 0 bridgehead atoms. The summed E-state index contributed by atoms with van der Waals surface area (Å²) < 4.78 is 10.5. The molecule has 0 spiro atoms. The molecule has 0 aliphatic rings. The van der Waals surface area contributed by atoms with Gasteiger partial charge >= 0.3 is 0 Å². The second-order valence-corrected chi connectivity index (χ2v) is 4.55. The Morgan fingerprint density at radius 1 is 1.35 bits per heavy atom. The van der Waals surface area contributed by atoms with Crippen LogP contribution in [0.3, 0.4) is 0 Å². The van der Waals surface area contributed by atoms with E-state index in [9.17, 15) is 0 Å². The van der Waals surface area contributed by atoms with Crippen molar-refractivity contribution in [1.29, 1.82) is 0 Å². The Balaban J connectivity index is 1.94. The third kappa shape index (κ3) is 3.71. The van der Waals surface area contributed by atoms with Gasteiger partial charge in [-0.05, 0) is 26.1 Å². The van der Waals surface area contributed by atoms with E-state index in [1.807, 2.05) is 31.3 Å². The summed E-state index contributed by atoms with van der Waals surface area (Å²) in [6, 6.07) is 8.03. The van der Waals surface area contributed by atoms with Crippen molar-refractivity contribution in [1.82, 2.24) is 15.5 Å². The van der Waals surface area contributed by atoms with Gasteiger partial charge in [0.05, 0.1) is 19.3 Å². The van der Waals surface area contributed by atoms with Crippen molar-refractivity contribution in [3.8, 4) is 5.75 Å². The molecule has 0 saturated carbocycles. The summed E-state index contributed by atoms with van der Waals surface area (Å²) in [5.41, 5.74) is 0.901. The first-order valence-electron chi connectivity index (χ1n) is 6.58. The quantitative estimate of drug-likeness (QED) is 0.804. The number of methoxy groups -OCH3 is 1. The van der Waals surface area contributed by atoms with Gasteiger partial charge in [0.25, 0.3) is 0 Å². The fourth-order valence-electron chi connectivity index (χ4n) is 1.78. The molecule has 108 valence electrons. The van der Waals surface area contributed by atoms with E-state index in [1.165, 1.54) is 0 Å². The Bertz CT molecular complexity index is 541. The molecular formula is C14H20N4O2. The molecule has 2 rings (SSSR count). The lowest BCUT2D eigenvalue weighted by Gasteiger charge is -2.08. The fraction of sp³-hybridized carbons (Fsp3) is 0.429. The number of nitrogens with zero attached hydrogens (tertiary/aromatic N) is 2. The molecule has 1 atom stereocenters. The van der Waals surface area contributed by atoms with Crippen molar-refractivity contribution in [3.05, 3.63) is 36.0 Å². The average Bonchev–Trinajstić information content (AvgIpc) is 2.92. The van der Waals surface area contributed by atoms with E-state index in [1.54, 1.807) is 7.11 Å². The number of nitrogens with one attached hydrogen (secondary N) is 2. The Morgan fingerprint density at radius 3 is 2.90 bits per heavy atom. The van der Waals surface area contributed by atoms with Crippen LogP contribution in [-0.4, -0.2) is 30.3 Å². The van der Waals surface area contributed by atoms with E-state index in [0.29, 0.717) is 24.3 Å². The predicted octanol–water partition coefficient (Wildman–Crippen LogP) is 1.84.